The van der Waals surface area contributed by atoms with E-state index in [2.05, 4.69) is 41.0 Å². The van der Waals surface area contributed by atoms with Crippen LogP contribution < -0.4 is 10.2 Å². The molecule has 0 aromatic carbocycles. The van der Waals surface area contributed by atoms with E-state index in [1.807, 2.05) is 6.07 Å². The standard InChI is InChI=1S/C15H24N4O2/c1-11(20)17-9-12-10-19(7-8-21-12)13-5-6-16-14(18-13)15(2,3)4/h5-6,12H,7-10H2,1-4H3,(H,17,20)/t12-/m0/s1. The third-order valence-corrected chi connectivity index (χ3v) is 3.35. The summed E-state index contributed by atoms with van der Waals surface area (Å²) in [5.41, 5.74) is -0.0715. The van der Waals surface area contributed by atoms with Crippen LogP contribution in [0.1, 0.15) is 33.5 Å². The highest BCUT2D eigenvalue weighted by Gasteiger charge is 2.23. The lowest BCUT2D eigenvalue weighted by atomic mass is 9.96. The second kappa shape index (κ2) is 6.39. The lowest BCUT2D eigenvalue weighted by molar-refractivity contribution is -0.119. The molecule has 1 aliphatic heterocycles. The first-order chi connectivity index (χ1) is 9.86. The highest BCUT2D eigenvalue weighted by molar-refractivity contribution is 5.72. The number of hydrogen-bond donors (Lipinski definition) is 1. The fraction of sp³-hybridized carbons (Fsp3) is 0.667. The Bertz CT molecular complexity index is 499. The van der Waals surface area contributed by atoms with Crippen LogP contribution in [0.25, 0.3) is 0 Å². The predicted molar refractivity (Wildman–Crippen MR) is 81.4 cm³/mol. The molecule has 0 bridgehead atoms. The largest absolute Gasteiger partial charge is 0.373 e. The van der Waals surface area contributed by atoms with Crippen molar-refractivity contribution in [1.82, 2.24) is 15.3 Å². The number of carbonyl (C=O) groups is 1. The minimum Gasteiger partial charge on any atom is -0.373 e. The van der Waals surface area contributed by atoms with Crippen LogP contribution in [0.2, 0.25) is 0 Å². The first kappa shape index (κ1) is 15.7. The Hall–Kier alpha value is -1.69. The van der Waals surface area contributed by atoms with Crippen LogP contribution in [0.5, 0.6) is 0 Å². The van der Waals surface area contributed by atoms with Gasteiger partial charge in [-0.1, -0.05) is 20.8 Å². The molecule has 6 heteroatoms. The quantitative estimate of drug-likeness (QED) is 0.904. The van der Waals surface area contributed by atoms with Gasteiger partial charge in [0.1, 0.15) is 11.6 Å². The van der Waals surface area contributed by atoms with Crippen molar-refractivity contribution in [3.63, 3.8) is 0 Å². The molecule has 1 N–H and O–H groups in total. The van der Waals surface area contributed by atoms with Crippen molar-refractivity contribution in [2.75, 3.05) is 31.1 Å². The molecule has 0 unspecified atom stereocenters. The number of nitrogens with one attached hydrogen (secondary N) is 1. The van der Waals surface area contributed by atoms with Crippen LogP contribution >= 0.6 is 0 Å². The Morgan fingerprint density at radius 2 is 2.29 bits per heavy atom. The van der Waals surface area contributed by atoms with Gasteiger partial charge in [-0.15, -0.1) is 0 Å². The number of ether oxygens (including phenoxy) is 1. The second-order valence-electron chi connectivity index (χ2n) is 6.36. The predicted octanol–water partition coefficient (Wildman–Crippen LogP) is 1.12. The van der Waals surface area contributed by atoms with Gasteiger partial charge in [-0.05, 0) is 6.07 Å². The summed E-state index contributed by atoms with van der Waals surface area (Å²) in [7, 11) is 0. The van der Waals surface area contributed by atoms with Crippen molar-refractivity contribution in [2.45, 2.75) is 39.2 Å². The normalized spacial score (nSPS) is 19.4. The molecule has 1 aromatic heterocycles. The van der Waals surface area contributed by atoms with Crippen LogP contribution in [-0.4, -0.2) is 48.2 Å². The minimum absolute atomic E-state index is 0.00398. The van der Waals surface area contributed by atoms with E-state index in [0.29, 0.717) is 13.2 Å². The number of hydrogen-bond acceptors (Lipinski definition) is 5. The van der Waals surface area contributed by atoms with Crippen LogP contribution in [0.15, 0.2) is 12.3 Å². The van der Waals surface area contributed by atoms with E-state index in [0.717, 1.165) is 24.7 Å². The van der Waals surface area contributed by atoms with E-state index < -0.39 is 0 Å². The third kappa shape index (κ3) is 4.39. The van der Waals surface area contributed by atoms with E-state index in [1.165, 1.54) is 6.92 Å². The Balaban J connectivity index is 2.05. The molecule has 1 saturated heterocycles. The van der Waals surface area contributed by atoms with Gasteiger partial charge in [0, 0.05) is 38.2 Å². The molecular formula is C15H24N4O2. The molecule has 116 valence electrons. The van der Waals surface area contributed by atoms with Crippen LogP contribution in [-0.2, 0) is 14.9 Å². The van der Waals surface area contributed by atoms with Crippen LogP contribution in [0.4, 0.5) is 5.82 Å². The zero-order valence-corrected chi connectivity index (χ0v) is 13.2. The summed E-state index contributed by atoms with van der Waals surface area (Å²) >= 11 is 0. The van der Waals surface area contributed by atoms with E-state index in [9.17, 15) is 4.79 Å². The topological polar surface area (TPSA) is 67.4 Å². The van der Waals surface area contributed by atoms with E-state index in [-0.39, 0.29) is 17.4 Å². The number of rotatable bonds is 3. The summed E-state index contributed by atoms with van der Waals surface area (Å²) in [4.78, 5) is 22.2. The molecule has 2 rings (SSSR count). The van der Waals surface area contributed by atoms with Crippen molar-refractivity contribution >= 4 is 11.7 Å². The lowest BCUT2D eigenvalue weighted by Crippen LogP contribution is -2.47. The first-order valence-electron chi connectivity index (χ1n) is 7.31. The molecule has 0 aliphatic carbocycles. The van der Waals surface area contributed by atoms with Gasteiger partial charge >= 0.3 is 0 Å². The van der Waals surface area contributed by atoms with Gasteiger partial charge < -0.3 is 15.0 Å². The number of morpholine rings is 1. The number of aromatic nitrogens is 2. The Morgan fingerprint density at radius 1 is 1.52 bits per heavy atom. The number of amides is 1. The third-order valence-electron chi connectivity index (χ3n) is 3.35. The van der Waals surface area contributed by atoms with Gasteiger partial charge in [-0.2, -0.15) is 0 Å². The average Bonchev–Trinajstić information content (AvgIpc) is 2.45. The summed E-state index contributed by atoms with van der Waals surface area (Å²) in [5, 5.41) is 2.80. The maximum absolute atomic E-state index is 11.0. The summed E-state index contributed by atoms with van der Waals surface area (Å²) in [6.45, 7) is 10.5. The van der Waals surface area contributed by atoms with Gasteiger partial charge in [-0.3, -0.25) is 4.79 Å². The molecule has 1 amide bonds. The van der Waals surface area contributed by atoms with Crippen molar-refractivity contribution in [3.8, 4) is 0 Å². The Morgan fingerprint density at radius 3 is 2.95 bits per heavy atom. The monoisotopic (exact) mass is 292 g/mol. The fourth-order valence-corrected chi connectivity index (χ4v) is 2.20. The van der Waals surface area contributed by atoms with Crippen molar-refractivity contribution in [3.05, 3.63) is 18.1 Å². The number of nitrogens with zero attached hydrogens (tertiary/aromatic N) is 3. The van der Waals surface area contributed by atoms with Gasteiger partial charge in [0.25, 0.3) is 0 Å². The lowest BCUT2D eigenvalue weighted by Gasteiger charge is -2.34. The molecule has 1 fully saturated rings. The molecule has 21 heavy (non-hydrogen) atoms. The van der Waals surface area contributed by atoms with Crippen LogP contribution in [0, 0.1) is 0 Å². The first-order valence-corrected chi connectivity index (χ1v) is 7.31. The molecular weight excluding hydrogens is 268 g/mol. The molecule has 1 aromatic rings. The molecule has 0 saturated carbocycles. The average molecular weight is 292 g/mol. The Kier molecular flexibility index (Phi) is 4.77. The zero-order valence-electron chi connectivity index (χ0n) is 13.2. The Labute approximate surface area is 125 Å². The van der Waals surface area contributed by atoms with E-state index in [1.54, 1.807) is 6.20 Å². The smallest absolute Gasteiger partial charge is 0.216 e. The molecule has 0 radical (unpaired) electrons. The van der Waals surface area contributed by atoms with Crippen molar-refractivity contribution in [1.29, 1.82) is 0 Å². The second-order valence-corrected chi connectivity index (χ2v) is 6.36. The minimum atomic E-state index is -0.0715. The maximum Gasteiger partial charge on any atom is 0.216 e. The van der Waals surface area contributed by atoms with E-state index >= 15 is 0 Å². The van der Waals surface area contributed by atoms with E-state index in [4.69, 9.17) is 4.74 Å². The summed E-state index contributed by atoms with van der Waals surface area (Å²) in [5.74, 6) is 1.73. The van der Waals surface area contributed by atoms with Crippen LogP contribution in [0.3, 0.4) is 0 Å². The highest BCUT2D eigenvalue weighted by atomic mass is 16.5. The summed E-state index contributed by atoms with van der Waals surface area (Å²) < 4.78 is 5.68. The molecule has 1 atom stereocenters. The molecule has 0 spiro atoms. The van der Waals surface area contributed by atoms with Gasteiger partial charge in [0.2, 0.25) is 5.91 Å². The molecule has 2 heterocycles. The number of carbonyl (C=O) groups excluding carboxylic acids is 1. The van der Waals surface area contributed by atoms with Gasteiger partial charge in [0.15, 0.2) is 0 Å². The van der Waals surface area contributed by atoms with Gasteiger partial charge in [0.05, 0.1) is 12.7 Å². The fourth-order valence-electron chi connectivity index (χ4n) is 2.20. The molecule has 1 aliphatic rings. The van der Waals surface area contributed by atoms with Crippen molar-refractivity contribution < 1.29 is 9.53 Å². The van der Waals surface area contributed by atoms with Gasteiger partial charge in [-0.25, -0.2) is 9.97 Å². The summed E-state index contributed by atoms with van der Waals surface area (Å²) in [6, 6.07) is 1.93. The highest BCUT2D eigenvalue weighted by Crippen LogP contribution is 2.21. The SMILES string of the molecule is CC(=O)NC[C@H]1CN(c2ccnc(C(C)(C)C)n2)CCO1. The number of anilines is 1. The molecule has 6 nitrogen and oxygen atoms in total. The zero-order chi connectivity index (χ0) is 15.5. The maximum atomic E-state index is 11.0. The van der Waals surface area contributed by atoms with Crippen molar-refractivity contribution in [2.24, 2.45) is 0 Å². The summed E-state index contributed by atoms with van der Waals surface area (Å²) in [6.07, 6.45) is 1.80.